The van der Waals surface area contributed by atoms with Crippen LogP contribution in [-0.2, 0) is 26.3 Å². The van der Waals surface area contributed by atoms with E-state index < -0.39 is 5.54 Å². The number of aromatic amines is 1. The molecule has 3 amide bonds. The smallest absolute Gasteiger partial charge is 0.242 e. The van der Waals surface area contributed by atoms with Gasteiger partial charge in [0, 0.05) is 51.6 Å². The van der Waals surface area contributed by atoms with Crippen LogP contribution in [0.4, 0.5) is 0 Å². The monoisotopic (exact) mass is 387 g/mol. The van der Waals surface area contributed by atoms with Gasteiger partial charge < -0.3 is 19.7 Å². The van der Waals surface area contributed by atoms with Gasteiger partial charge in [0.2, 0.25) is 17.7 Å². The molecule has 0 unspecified atom stereocenters. The van der Waals surface area contributed by atoms with E-state index >= 15 is 0 Å². The van der Waals surface area contributed by atoms with Gasteiger partial charge in [0.05, 0.1) is 24.1 Å². The Morgan fingerprint density at radius 1 is 1.11 bits per heavy atom. The third-order valence-corrected chi connectivity index (χ3v) is 6.58. The van der Waals surface area contributed by atoms with Gasteiger partial charge in [0.1, 0.15) is 0 Å². The van der Waals surface area contributed by atoms with E-state index in [1.165, 1.54) is 0 Å². The van der Waals surface area contributed by atoms with Crippen LogP contribution in [0, 0.1) is 0 Å². The molecule has 1 N–H and O–H groups in total. The number of imidazole rings is 1. The molecule has 4 heterocycles. The van der Waals surface area contributed by atoms with Crippen molar-refractivity contribution in [2.75, 3.05) is 32.7 Å². The minimum atomic E-state index is -0.422. The zero-order valence-electron chi connectivity index (χ0n) is 16.6. The summed E-state index contributed by atoms with van der Waals surface area (Å²) < 4.78 is 0. The normalized spacial score (nSPS) is 22.2. The summed E-state index contributed by atoms with van der Waals surface area (Å²) in [5.74, 6) is 0.164. The van der Waals surface area contributed by atoms with Crippen LogP contribution in [0.5, 0.6) is 0 Å². The second-order valence-electron chi connectivity index (χ2n) is 8.19. The van der Waals surface area contributed by atoms with E-state index in [1.807, 2.05) is 9.80 Å². The second kappa shape index (κ2) is 7.56. The quantitative estimate of drug-likeness (QED) is 0.821. The van der Waals surface area contributed by atoms with E-state index in [-0.39, 0.29) is 24.3 Å². The predicted octanol–water partition coefficient (Wildman–Crippen LogP) is 1.03. The van der Waals surface area contributed by atoms with Gasteiger partial charge in [-0.2, -0.15) is 0 Å². The number of nitrogens with zero attached hydrogens (tertiary/aromatic N) is 4. The van der Waals surface area contributed by atoms with Crippen LogP contribution in [0.15, 0.2) is 6.33 Å². The Bertz CT molecular complexity index is 766. The van der Waals surface area contributed by atoms with Crippen LogP contribution < -0.4 is 0 Å². The van der Waals surface area contributed by atoms with Gasteiger partial charge in [-0.15, -0.1) is 0 Å². The maximum Gasteiger partial charge on any atom is 0.242 e. The molecule has 2 saturated heterocycles. The molecule has 8 heteroatoms. The van der Waals surface area contributed by atoms with Crippen LogP contribution in [0.1, 0.15) is 56.8 Å². The van der Waals surface area contributed by atoms with Gasteiger partial charge in [-0.1, -0.05) is 6.42 Å². The summed E-state index contributed by atoms with van der Waals surface area (Å²) in [6.45, 7) is 4.31. The molecule has 0 bridgehead atoms. The maximum absolute atomic E-state index is 12.8. The molecule has 2 fully saturated rings. The average Bonchev–Trinajstić information content (AvgIpc) is 3.08. The van der Waals surface area contributed by atoms with Crippen molar-refractivity contribution in [1.82, 2.24) is 24.7 Å². The van der Waals surface area contributed by atoms with Gasteiger partial charge in [0.25, 0.3) is 0 Å². The van der Waals surface area contributed by atoms with Gasteiger partial charge in [-0.05, 0) is 25.7 Å². The van der Waals surface area contributed by atoms with E-state index in [1.54, 1.807) is 18.2 Å². The highest BCUT2D eigenvalue weighted by atomic mass is 16.2. The molecule has 1 aromatic heterocycles. The number of rotatable bonds is 2. The molecule has 1 aromatic rings. The van der Waals surface area contributed by atoms with Gasteiger partial charge in [-0.25, -0.2) is 4.98 Å². The molecule has 8 nitrogen and oxygen atoms in total. The van der Waals surface area contributed by atoms with E-state index in [2.05, 4.69) is 9.97 Å². The molecule has 0 saturated carbocycles. The lowest BCUT2D eigenvalue weighted by Gasteiger charge is -2.50. The molecule has 28 heavy (non-hydrogen) atoms. The third kappa shape index (κ3) is 3.29. The Balaban J connectivity index is 1.45. The number of nitrogens with one attached hydrogen (secondary N) is 1. The van der Waals surface area contributed by atoms with Crippen molar-refractivity contribution in [3.05, 3.63) is 17.7 Å². The van der Waals surface area contributed by atoms with Gasteiger partial charge in [0.15, 0.2) is 0 Å². The minimum Gasteiger partial charge on any atom is -0.348 e. The first-order chi connectivity index (χ1) is 13.5. The molecular formula is C20H29N5O3. The largest absolute Gasteiger partial charge is 0.348 e. The van der Waals surface area contributed by atoms with Crippen molar-refractivity contribution in [3.8, 4) is 0 Å². The summed E-state index contributed by atoms with van der Waals surface area (Å²) in [5.41, 5.74) is 1.64. The summed E-state index contributed by atoms with van der Waals surface area (Å²) in [6, 6.07) is 0. The van der Waals surface area contributed by atoms with Crippen molar-refractivity contribution in [1.29, 1.82) is 0 Å². The highest BCUT2D eigenvalue weighted by Crippen LogP contribution is 2.42. The first-order valence-electron chi connectivity index (χ1n) is 10.4. The first-order valence-corrected chi connectivity index (χ1v) is 10.4. The number of carbonyl (C=O) groups is 3. The molecule has 1 spiro atoms. The number of fused-ring (bicyclic) bond motifs is 2. The van der Waals surface area contributed by atoms with Crippen LogP contribution in [0.25, 0.3) is 0 Å². The number of likely N-dealkylation sites (tertiary alicyclic amines) is 2. The molecule has 152 valence electrons. The number of hydrogen-bond acceptors (Lipinski definition) is 4. The number of H-pyrrole nitrogens is 1. The van der Waals surface area contributed by atoms with Crippen molar-refractivity contribution < 1.29 is 14.4 Å². The number of hydrogen-bond donors (Lipinski definition) is 1. The molecule has 0 aromatic carbocycles. The topological polar surface area (TPSA) is 89.6 Å². The van der Waals surface area contributed by atoms with E-state index in [0.29, 0.717) is 45.4 Å². The SMILES string of the molecule is CC(=O)N1CCc2[nH]cnc2C12CCN(C(=O)CN1CCCCCC1=O)CC2. The molecular weight excluding hydrogens is 358 g/mol. The summed E-state index contributed by atoms with van der Waals surface area (Å²) in [5, 5.41) is 0. The lowest BCUT2D eigenvalue weighted by molar-refractivity contribution is -0.145. The Kier molecular flexibility index (Phi) is 5.12. The zero-order valence-corrected chi connectivity index (χ0v) is 16.6. The average molecular weight is 387 g/mol. The number of aromatic nitrogens is 2. The van der Waals surface area contributed by atoms with Crippen molar-refractivity contribution >= 4 is 17.7 Å². The molecule has 3 aliphatic heterocycles. The second-order valence-corrected chi connectivity index (χ2v) is 8.19. The first kappa shape index (κ1) is 19.0. The molecule has 4 rings (SSSR count). The van der Waals surface area contributed by atoms with Crippen molar-refractivity contribution in [2.45, 2.75) is 57.4 Å². The van der Waals surface area contributed by atoms with Crippen molar-refractivity contribution in [3.63, 3.8) is 0 Å². The molecule has 0 atom stereocenters. The lowest BCUT2D eigenvalue weighted by Crippen LogP contribution is -2.59. The fourth-order valence-electron chi connectivity index (χ4n) is 5.04. The highest BCUT2D eigenvalue weighted by molar-refractivity contribution is 5.85. The summed E-state index contributed by atoms with van der Waals surface area (Å²) in [6.07, 6.45) is 7.35. The summed E-state index contributed by atoms with van der Waals surface area (Å²) in [4.78, 5) is 50.6. The van der Waals surface area contributed by atoms with Gasteiger partial charge in [-0.3, -0.25) is 14.4 Å². The van der Waals surface area contributed by atoms with E-state index in [0.717, 1.165) is 37.1 Å². The molecule has 0 aliphatic carbocycles. The number of amides is 3. The fourth-order valence-corrected chi connectivity index (χ4v) is 5.04. The Morgan fingerprint density at radius 3 is 2.64 bits per heavy atom. The van der Waals surface area contributed by atoms with Crippen LogP contribution in [0.2, 0.25) is 0 Å². The van der Waals surface area contributed by atoms with Crippen molar-refractivity contribution in [2.24, 2.45) is 0 Å². The lowest BCUT2D eigenvalue weighted by atomic mass is 9.78. The van der Waals surface area contributed by atoms with Gasteiger partial charge >= 0.3 is 0 Å². The number of carbonyl (C=O) groups excluding carboxylic acids is 3. The predicted molar refractivity (Wildman–Crippen MR) is 102 cm³/mol. The third-order valence-electron chi connectivity index (χ3n) is 6.58. The van der Waals surface area contributed by atoms with Crippen LogP contribution in [-0.4, -0.2) is 75.1 Å². The zero-order chi connectivity index (χ0) is 19.7. The molecule has 0 radical (unpaired) electrons. The van der Waals surface area contributed by atoms with Crippen LogP contribution in [0.3, 0.4) is 0 Å². The van der Waals surface area contributed by atoms with Crippen LogP contribution >= 0.6 is 0 Å². The summed E-state index contributed by atoms with van der Waals surface area (Å²) in [7, 11) is 0. The fraction of sp³-hybridized carbons (Fsp3) is 0.700. The Morgan fingerprint density at radius 2 is 1.89 bits per heavy atom. The standard InChI is InChI=1S/C20H29N5O3/c1-15(26)25-10-6-16-19(22-14-21-16)20(25)7-11-23(12-8-20)18(28)13-24-9-4-2-3-5-17(24)27/h14H,2-13H2,1H3,(H,21,22). The molecule has 3 aliphatic rings. The minimum absolute atomic E-state index is 0.0116. The number of piperidine rings is 1. The highest BCUT2D eigenvalue weighted by Gasteiger charge is 2.48. The Hall–Kier alpha value is -2.38. The van der Waals surface area contributed by atoms with E-state index in [4.69, 9.17) is 0 Å². The Labute approximate surface area is 165 Å². The maximum atomic E-state index is 12.8. The summed E-state index contributed by atoms with van der Waals surface area (Å²) >= 11 is 0. The van der Waals surface area contributed by atoms with E-state index in [9.17, 15) is 14.4 Å².